The van der Waals surface area contributed by atoms with Gasteiger partial charge in [-0.1, -0.05) is 57.9 Å². The lowest BCUT2D eigenvalue weighted by atomic mass is 10.1. The molecule has 0 saturated carbocycles. The van der Waals surface area contributed by atoms with E-state index in [1.54, 1.807) is 31.4 Å². The summed E-state index contributed by atoms with van der Waals surface area (Å²) in [7, 11) is -2.63. The van der Waals surface area contributed by atoms with E-state index in [2.05, 4.69) is 15.9 Å². The Morgan fingerprint density at radius 1 is 1.03 bits per heavy atom. The molecule has 0 amide bonds. The average Bonchev–Trinajstić information content (AvgIpc) is 3.10. The van der Waals surface area contributed by atoms with Crippen molar-refractivity contribution in [3.63, 3.8) is 0 Å². The molecule has 148 valence electrons. The summed E-state index contributed by atoms with van der Waals surface area (Å²) >= 11 is 9.28. The molecule has 4 rings (SSSR count). The van der Waals surface area contributed by atoms with Crippen LogP contribution in [0.15, 0.2) is 76.1 Å². The van der Waals surface area contributed by atoms with Crippen molar-refractivity contribution >= 4 is 48.5 Å². The van der Waals surface area contributed by atoms with E-state index in [9.17, 15) is 13.5 Å². The van der Waals surface area contributed by atoms with Gasteiger partial charge in [0.15, 0.2) is 5.75 Å². The number of fused-ring (bicyclic) bond motifs is 1. The molecule has 5 nitrogen and oxygen atoms in total. The van der Waals surface area contributed by atoms with Crippen molar-refractivity contribution in [2.24, 2.45) is 0 Å². The Balaban J connectivity index is 2.09. The monoisotopic (exact) mass is 491 g/mol. The van der Waals surface area contributed by atoms with Crippen molar-refractivity contribution in [2.75, 3.05) is 7.11 Å². The normalized spacial score (nSPS) is 11.7. The lowest BCUT2D eigenvalue weighted by Gasteiger charge is -2.14. The second-order valence-corrected chi connectivity index (χ2v) is 9.40. The molecular formula is C21H15BrClNO4S. The first kappa shape index (κ1) is 19.8. The minimum atomic E-state index is -4.18. The fourth-order valence-corrected chi connectivity index (χ4v) is 5.89. The van der Waals surface area contributed by atoms with Gasteiger partial charge in [-0.15, -0.1) is 0 Å². The Morgan fingerprint density at radius 2 is 1.76 bits per heavy atom. The molecule has 1 N–H and O–H groups in total. The van der Waals surface area contributed by atoms with E-state index in [-0.39, 0.29) is 9.92 Å². The van der Waals surface area contributed by atoms with Crippen molar-refractivity contribution < 1.29 is 18.3 Å². The third kappa shape index (κ3) is 3.39. The van der Waals surface area contributed by atoms with Gasteiger partial charge in [-0.25, -0.2) is 12.4 Å². The lowest BCUT2D eigenvalue weighted by Crippen LogP contribution is -2.14. The first-order valence-corrected chi connectivity index (χ1v) is 11.1. The van der Waals surface area contributed by atoms with Crippen molar-refractivity contribution in [3.05, 3.63) is 76.2 Å². The van der Waals surface area contributed by atoms with Crippen LogP contribution in [0.4, 0.5) is 0 Å². The van der Waals surface area contributed by atoms with Crippen LogP contribution in [0.5, 0.6) is 11.5 Å². The number of aromatic hydroxyl groups is 1. The van der Waals surface area contributed by atoms with Gasteiger partial charge in [0.1, 0.15) is 10.6 Å². The van der Waals surface area contributed by atoms with Crippen LogP contribution in [0.25, 0.3) is 22.2 Å². The molecule has 0 aliphatic heterocycles. The highest BCUT2D eigenvalue weighted by Crippen LogP contribution is 2.39. The molecule has 0 radical (unpaired) electrons. The van der Waals surface area contributed by atoms with E-state index >= 15 is 0 Å². The third-order valence-corrected chi connectivity index (χ3v) is 7.03. The fraction of sp³-hybridized carbons (Fsp3) is 0.0476. The van der Waals surface area contributed by atoms with Crippen LogP contribution in [0.3, 0.4) is 0 Å². The number of nitrogens with zero attached hydrogens (tertiary/aromatic N) is 1. The molecule has 29 heavy (non-hydrogen) atoms. The van der Waals surface area contributed by atoms with E-state index in [4.69, 9.17) is 16.3 Å². The maximum Gasteiger partial charge on any atom is 0.272 e. The number of hydrogen-bond donors (Lipinski definition) is 1. The minimum Gasteiger partial charge on any atom is -0.505 e. The molecule has 8 heteroatoms. The number of rotatable bonds is 4. The first-order chi connectivity index (χ1) is 13.8. The van der Waals surface area contributed by atoms with Gasteiger partial charge in [0.05, 0.1) is 23.3 Å². The van der Waals surface area contributed by atoms with Crippen molar-refractivity contribution in [3.8, 4) is 22.8 Å². The second-order valence-electron chi connectivity index (χ2n) is 6.32. The number of methoxy groups -OCH3 is 1. The highest BCUT2D eigenvalue weighted by atomic mass is 79.9. The van der Waals surface area contributed by atoms with Gasteiger partial charge in [0.25, 0.3) is 10.0 Å². The summed E-state index contributed by atoms with van der Waals surface area (Å²) in [6.45, 7) is 0. The zero-order chi connectivity index (χ0) is 20.8. The number of hydrogen-bond acceptors (Lipinski definition) is 4. The Morgan fingerprint density at radius 3 is 2.45 bits per heavy atom. The number of phenolic OH excluding ortho intramolecular Hbond substituents is 1. The summed E-state index contributed by atoms with van der Waals surface area (Å²) in [4.78, 5) is -0.289. The SMILES string of the molecule is COc1ccc2c(c1)cc(-c1ccccc1)n2S(=O)(=O)c1cc(Br)cc(Cl)c1O. The molecule has 1 heterocycles. The molecule has 0 atom stereocenters. The van der Waals surface area contributed by atoms with Gasteiger partial charge in [0, 0.05) is 9.86 Å². The lowest BCUT2D eigenvalue weighted by molar-refractivity contribution is 0.415. The van der Waals surface area contributed by atoms with Crippen LogP contribution >= 0.6 is 27.5 Å². The van der Waals surface area contributed by atoms with Crippen LogP contribution in [-0.2, 0) is 10.0 Å². The van der Waals surface area contributed by atoms with E-state index in [1.165, 1.54) is 16.1 Å². The molecule has 0 spiro atoms. The second kappa shape index (κ2) is 7.40. The highest BCUT2D eigenvalue weighted by Gasteiger charge is 2.28. The zero-order valence-corrected chi connectivity index (χ0v) is 18.3. The largest absolute Gasteiger partial charge is 0.505 e. The molecule has 0 bridgehead atoms. The van der Waals surface area contributed by atoms with Crippen LogP contribution in [0.1, 0.15) is 0 Å². The summed E-state index contributed by atoms with van der Waals surface area (Å²) < 4.78 is 34.3. The molecule has 0 fully saturated rings. The highest BCUT2D eigenvalue weighted by molar-refractivity contribution is 9.10. The number of phenols is 1. The average molecular weight is 493 g/mol. The quantitative estimate of drug-likeness (QED) is 0.398. The zero-order valence-electron chi connectivity index (χ0n) is 15.1. The predicted octanol–water partition coefficient (Wildman–Crippen LogP) is 5.68. The van der Waals surface area contributed by atoms with E-state index in [1.807, 2.05) is 30.3 Å². The summed E-state index contributed by atoms with van der Waals surface area (Å²) in [5, 5.41) is 11.0. The molecule has 0 saturated heterocycles. The van der Waals surface area contributed by atoms with Crippen LogP contribution < -0.4 is 4.74 Å². The van der Waals surface area contributed by atoms with E-state index in [0.717, 1.165) is 0 Å². The molecule has 0 aliphatic carbocycles. The minimum absolute atomic E-state index is 0.0580. The number of aromatic nitrogens is 1. The molecule has 0 aliphatic rings. The Labute approximate surface area is 181 Å². The standard InChI is InChI=1S/C21H15BrClNO4S/c1-28-16-7-8-18-14(9-16)10-19(13-5-3-2-4-6-13)24(18)29(26,27)20-12-15(22)11-17(23)21(20)25/h2-12,25H,1H3. The van der Waals surface area contributed by atoms with E-state index < -0.39 is 15.8 Å². The third-order valence-electron chi connectivity index (χ3n) is 4.55. The summed E-state index contributed by atoms with van der Waals surface area (Å²) in [6, 6.07) is 18.8. The van der Waals surface area contributed by atoms with Gasteiger partial charge in [-0.3, -0.25) is 0 Å². The van der Waals surface area contributed by atoms with Gasteiger partial charge < -0.3 is 9.84 Å². The summed E-state index contributed by atoms with van der Waals surface area (Å²) in [5.74, 6) is 0.115. The smallest absolute Gasteiger partial charge is 0.272 e. The Kier molecular flexibility index (Phi) is 5.06. The van der Waals surface area contributed by atoms with Crippen molar-refractivity contribution in [2.45, 2.75) is 4.90 Å². The first-order valence-electron chi connectivity index (χ1n) is 8.51. The summed E-state index contributed by atoms with van der Waals surface area (Å²) in [6.07, 6.45) is 0. The number of benzene rings is 3. The van der Waals surface area contributed by atoms with Crippen molar-refractivity contribution in [1.82, 2.24) is 3.97 Å². The molecule has 0 unspecified atom stereocenters. The Bertz CT molecular complexity index is 1330. The van der Waals surface area contributed by atoms with Crippen LogP contribution in [0.2, 0.25) is 5.02 Å². The maximum atomic E-state index is 13.7. The predicted molar refractivity (Wildman–Crippen MR) is 117 cm³/mol. The fourth-order valence-electron chi connectivity index (χ4n) is 3.20. The van der Waals surface area contributed by atoms with Gasteiger partial charge in [-0.2, -0.15) is 0 Å². The number of halogens is 2. The van der Waals surface area contributed by atoms with Crippen LogP contribution in [0, 0.1) is 0 Å². The van der Waals surface area contributed by atoms with Crippen molar-refractivity contribution in [1.29, 1.82) is 0 Å². The molecule has 1 aromatic heterocycles. The van der Waals surface area contributed by atoms with Gasteiger partial charge >= 0.3 is 0 Å². The van der Waals surface area contributed by atoms with Crippen LogP contribution in [-0.4, -0.2) is 24.6 Å². The summed E-state index contributed by atoms with van der Waals surface area (Å²) in [5.41, 5.74) is 1.64. The molecular weight excluding hydrogens is 478 g/mol. The maximum absolute atomic E-state index is 13.7. The molecule has 4 aromatic rings. The topological polar surface area (TPSA) is 68.5 Å². The number of ether oxygens (including phenoxy) is 1. The Hall–Kier alpha value is -2.48. The van der Waals surface area contributed by atoms with Gasteiger partial charge in [0.2, 0.25) is 0 Å². The van der Waals surface area contributed by atoms with Gasteiger partial charge in [-0.05, 0) is 42.0 Å². The molecule has 3 aromatic carbocycles. The van der Waals surface area contributed by atoms with E-state index in [0.29, 0.717) is 32.4 Å².